The van der Waals surface area contributed by atoms with Gasteiger partial charge >= 0.3 is 0 Å². The zero-order valence-corrected chi connectivity index (χ0v) is 14.4. The van der Waals surface area contributed by atoms with Crippen LogP contribution in [0.25, 0.3) is 10.4 Å². The molecular formula is C19H21N3OS. The number of ether oxygens (including phenoxy) is 1. The molecule has 2 aromatic carbocycles. The molecule has 0 fully saturated rings. The summed E-state index contributed by atoms with van der Waals surface area (Å²) in [6.07, 6.45) is 2.71. The lowest BCUT2D eigenvalue weighted by Crippen LogP contribution is -2.31. The van der Waals surface area contributed by atoms with Crippen molar-refractivity contribution in [3.05, 3.63) is 66.4 Å². The van der Waals surface area contributed by atoms with Gasteiger partial charge < -0.3 is 15.8 Å². The van der Waals surface area contributed by atoms with Gasteiger partial charge in [0.2, 0.25) is 0 Å². The predicted molar refractivity (Wildman–Crippen MR) is 101 cm³/mol. The number of aromatic nitrogens is 1. The van der Waals surface area contributed by atoms with E-state index >= 15 is 0 Å². The Morgan fingerprint density at radius 1 is 1.12 bits per heavy atom. The van der Waals surface area contributed by atoms with Gasteiger partial charge in [0.1, 0.15) is 5.75 Å². The Bertz CT molecular complexity index is 756. The Labute approximate surface area is 146 Å². The molecule has 1 atom stereocenters. The van der Waals surface area contributed by atoms with Crippen molar-refractivity contribution in [3.63, 3.8) is 0 Å². The van der Waals surface area contributed by atoms with Crippen LogP contribution in [0.15, 0.2) is 60.8 Å². The Hall–Kier alpha value is -2.37. The van der Waals surface area contributed by atoms with E-state index in [0.29, 0.717) is 6.54 Å². The van der Waals surface area contributed by atoms with Crippen LogP contribution in [0, 0.1) is 0 Å². The number of nitrogens with one attached hydrogen (secondary N) is 1. The Morgan fingerprint density at radius 3 is 2.58 bits per heavy atom. The first-order chi connectivity index (χ1) is 11.7. The molecule has 1 heterocycles. The molecule has 3 aromatic rings. The first-order valence-electron chi connectivity index (χ1n) is 7.88. The van der Waals surface area contributed by atoms with E-state index in [0.717, 1.165) is 22.2 Å². The highest BCUT2D eigenvalue weighted by Crippen LogP contribution is 2.28. The summed E-state index contributed by atoms with van der Waals surface area (Å²) < 4.78 is 5.17. The summed E-state index contributed by atoms with van der Waals surface area (Å²) >= 11 is 1.64. The van der Waals surface area contributed by atoms with Crippen LogP contribution in [0.4, 0.5) is 5.13 Å². The smallest absolute Gasteiger partial charge is 0.183 e. The van der Waals surface area contributed by atoms with Gasteiger partial charge in [0.25, 0.3) is 0 Å². The van der Waals surface area contributed by atoms with Gasteiger partial charge in [-0.05, 0) is 29.7 Å². The Balaban J connectivity index is 1.52. The number of nitrogens with two attached hydrogens (primary N) is 1. The highest BCUT2D eigenvalue weighted by molar-refractivity contribution is 7.18. The number of thiazole rings is 1. The molecule has 0 aliphatic rings. The van der Waals surface area contributed by atoms with Crippen LogP contribution < -0.4 is 15.8 Å². The average molecular weight is 339 g/mol. The van der Waals surface area contributed by atoms with Gasteiger partial charge in [0.15, 0.2) is 5.13 Å². The van der Waals surface area contributed by atoms with Crippen molar-refractivity contribution >= 4 is 16.5 Å². The number of methoxy groups -OCH3 is 1. The number of hydrogen-bond acceptors (Lipinski definition) is 5. The van der Waals surface area contributed by atoms with Crippen molar-refractivity contribution in [3.8, 4) is 16.2 Å². The zero-order chi connectivity index (χ0) is 16.8. The van der Waals surface area contributed by atoms with Crippen LogP contribution in [0.5, 0.6) is 5.75 Å². The van der Waals surface area contributed by atoms with Crippen molar-refractivity contribution in [2.75, 3.05) is 19.0 Å². The largest absolute Gasteiger partial charge is 0.497 e. The number of anilines is 1. The quantitative estimate of drug-likeness (QED) is 0.687. The lowest BCUT2D eigenvalue weighted by atomic mass is 10.1. The third-order valence-corrected chi connectivity index (χ3v) is 4.74. The molecule has 0 aliphatic carbocycles. The van der Waals surface area contributed by atoms with Crippen LogP contribution in [-0.4, -0.2) is 24.7 Å². The molecule has 5 heteroatoms. The topological polar surface area (TPSA) is 60.2 Å². The fourth-order valence-corrected chi connectivity index (χ4v) is 3.28. The van der Waals surface area contributed by atoms with Crippen LogP contribution in [0.3, 0.4) is 0 Å². The fourth-order valence-electron chi connectivity index (χ4n) is 2.45. The molecule has 0 spiro atoms. The van der Waals surface area contributed by atoms with E-state index in [4.69, 9.17) is 10.5 Å². The van der Waals surface area contributed by atoms with Crippen molar-refractivity contribution in [1.29, 1.82) is 0 Å². The summed E-state index contributed by atoms with van der Waals surface area (Å²) in [6, 6.07) is 18.3. The second-order valence-corrected chi connectivity index (χ2v) is 6.62. The molecule has 0 radical (unpaired) electrons. The minimum absolute atomic E-state index is 0.0301. The Morgan fingerprint density at radius 2 is 1.88 bits per heavy atom. The second kappa shape index (κ2) is 7.95. The highest BCUT2D eigenvalue weighted by Gasteiger charge is 2.07. The highest BCUT2D eigenvalue weighted by atomic mass is 32.1. The van der Waals surface area contributed by atoms with Crippen molar-refractivity contribution in [2.45, 2.75) is 12.5 Å². The molecule has 24 heavy (non-hydrogen) atoms. The molecule has 0 amide bonds. The Kier molecular flexibility index (Phi) is 5.46. The summed E-state index contributed by atoms with van der Waals surface area (Å²) in [5.41, 5.74) is 8.61. The molecule has 3 rings (SSSR count). The molecular weight excluding hydrogens is 318 g/mol. The molecule has 4 nitrogen and oxygen atoms in total. The van der Waals surface area contributed by atoms with Gasteiger partial charge in [-0.2, -0.15) is 0 Å². The molecule has 0 aliphatic heterocycles. The molecule has 0 bridgehead atoms. The number of hydrogen-bond donors (Lipinski definition) is 2. The van der Waals surface area contributed by atoms with E-state index in [-0.39, 0.29) is 6.04 Å². The summed E-state index contributed by atoms with van der Waals surface area (Å²) in [7, 11) is 1.67. The SMILES string of the molecule is COc1ccc(C[C@H](N)CNc2ncc(-c3ccccc3)s2)cc1. The number of nitrogens with zero attached hydrogens (tertiary/aromatic N) is 1. The van der Waals surface area contributed by atoms with E-state index in [9.17, 15) is 0 Å². The summed E-state index contributed by atoms with van der Waals surface area (Å²) in [4.78, 5) is 5.58. The van der Waals surface area contributed by atoms with Crippen molar-refractivity contribution in [1.82, 2.24) is 4.98 Å². The fraction of sp³-hybridized carbons (Fsp3) is 0.211. The average Bonchev–Trinajstić information content (AvgIpc) is 3.10. The predicted octanol–water partition coefficient (Wildman–Crippen LogP) is 3.80. The second-order valence-electron chi connectivity index (χ2n) is 5.59. The van der Waals surface area contributed by atoms with Gasteiger partial charge in [0, 0.05) is 18.8 Å². The summed E-state index contributed by atoms with van der Waals surface area (Å²) in [6.45, 7) is 0.688. The number of benzene rings is 2. The van der Waals surface area contributed by atoms with Crippen LogP contribution in [-0.2, 0) is 6.42 Å². The van der Waals surface area contributed by atoms with E-state index in [1.807, 2.05) is 36.5 Å². The maximum atomic E-state index is 6.23. The molecule has 0 unspecified atom stereocenters. The third-order valence-electron chi connectivity index (χ3n) is 3.74. The van der Waals surface area contributed by atoms with Gasteiger partial charge in [-0.1, -0.05) is 53.8 Å². The first kappa shape index (κ1) is 16.5. The molecule has 1 aromatic heterocycles. The van der Waals surface area contributed by atoms with Crippen molar-refractivity contribution in [2.24, 2.45) is 5.73 Å². The lowest BCUT2D eigenvalue weighted by Gasteiger charge is -2.12. The minimum Gasteiger partial charge on any atom is -0.497 e. The van der Waals surface area contributed by atoms with E-state index in [2.05, 4.69) is 34.6 Å². The minimum atomic E-state index is 0.0301. The normalized spacial score (nSPS) is 11.9. The lowest BCUT2D eigenvalue weighted by molar-refractivity contribution is 0.414. The molecule has 3 N–H and O–H groups in total. The third kappa shape index (κ3) is 4.34. The van der Waals surface area contributed by atoms with Gasteiger partial charge in [-0.15, -0.1) is 0 Å². The van der Waals surface area contributed by atoms with Crippen LogP contribution >= 0.6 is 11.3 Å². The van der Waals surface area contributed by atoms with Crippen molar-refractivity contribution < 1.29 is 4.74 Å². The summed E-state index contributed by atoms with van der Waals surface area (Å²) in [5.74, 6) is 0.863. The van der Waals surface area contributed by atoms with Gasteiger partial charge in [0.05, 0.1) is 12.0 Å². The first-order valence-corrected chi connectivity index (χ1v) is 8.70. The van der Waals surface area contributed by atoms with E-state index in [1.54, 1.807) is 18.4 Å². The maximum absolute atomic E-state index is 6.23. The van der Waals surface area contributed by atoms with Crippen LogP contribution in [0.1, 0.15) is 5.56 Å². The van der Waals surface area contributed by atoms with Crippen LogP contribution in [0.2, 0.25) is 0 Å². The van der Waals surface area contributed by atoms with Gasteiger partial charge in [-0.25, -0.2) is 4.98 Å². The maximum Gasteiger partial charge on any atom is 0.183 e. The number of rotatable bonds is 7. The standard InChI is InChI=1S/C19H21N3OS/c1-23-17-9-7-14(8-10-17)11-16(20)12-21-19-22-13-18(24-19)15-5-3-2-4-6-15/h2-10,13,16H,11-12,20H2,1H3,(H,21,22)/t16-/m0/s1. The summed E-state index contributed by atoms with van der Waals surface area (Å²) in [5, 5.41) is 4.24. The van der Waals surface area contributed by atoms with Gasteiger partial charge in [-0.3, -0.25) is 0 Å². The van der Waals surface area contributed by atoms with E-state index < -0.39 is 0 Å². The molecule has 0 saturated carbocycles. The zero-order valence-electron chi connectivity index (χ0n) is 13.6. The van der Waals surface area contributed by atoms with E-state index in [1.165, 1.54) is 11.1 Å². The molecule has 0 saturated heterocycles. The molecule has 124 valence electrons. The monoisotopic (exact) mass is 339 g/mol.